The van der Waals surface area contributed by atoms with E-state index in [-0.39, 0.29) is 0 Å². The lowest BCUT2D eigenvalue weighted by atomic mass is 10.3. The Balaban J connectivity index is 2.06. The van der Waals surface area contributed by atoms with Crippen molar-refractivity contribution in [3.05, 3.63) is 45.7 Å². The van der Waals surface area contributed by atoms with Gasteiger partial charge in [0.05, 0.1) is 22.9 Å². The van der Waals surface area contributed by atoms with E-state index >= 15 is 0 Å². The van der Waals surface area contributed by atoms with E-state index in [2.05, 4.69) is 33.3 Å². The van der Waals surface area contributed by atoms with Gasteiger partial charge in [-0.25, -0.2) is 0 Å². The Morgan fingerprint density at radius 1 is 1.39 bits per heavy atom. The van der Waals surface area contributed by atoms with Crippen molar-refractivity contribution >= 4 is 33.2 Å². The van der Waals surface area contributed by atoms with E-state index in [0.717, 1.165) is 40.4 Å². The third kappa shape index (κ3) is 3.27. The van der Waals surface area contributed by atoms with Crippen molar-refractivity contribution in [2.24, 2.45) is 0 Å². The molecular formula is C13H15BrClN3. The molecule has 1 heterocycles. The quantitative estimate of drug-likeness (QED) is 0.886. The SMILES string of the molecule is CCCn1nccc1CNc1cc(Br)ccc1Cl. The van der Waals surface area contributed by atoms with Crippen LogP contribution in [0.1, 0.15) is 19.0 Å². The Bertz CT molecular complexity index is 525. The van der Waals surface area contributed by atoms with Crippen molar-refractivity contribution < 1.29 is 0 Å². The van der Waals surface area contributed by atoms with Crippen LogP contribution in [0.3, 0.4) is 0 Å². The Morgan fingerprint density at radius 3 is 3.00 bits per heavy atom. The van der Waals surface area contributed by atoms with E-state index in [1.165, 1.54) is 0 Å². The number of aryl methyl sites for hydroxylation is 1. The van der Waals surface area contributed by atoms with Crippen molar-refractivity contribution in [1.82, 2.24) is 9.78 Å². The highest BCUT2D eigenvalue weighted by molar-refractivity contribution is 9.10. The second kappa shape index (κ2) is 6.25. The molecule has 0 aliphatic rings. The molecule has 18 heavy (non-hydrogen) atoms. The van der Waals surface area contributed by atoms with Gasteiger partial charge in [-0.3, -0.25) is 4.68 Å². The second-order valence-corrected chi connectivity index (χ2v) is 5.35. The van der Waals surface area contributed by atoms with Gasteiger partial charge in [-0.1, -0.05) is 34.5 Å². The van der Waals surface area contributed by atoms with Crippen LogP contribution in [-0.4, -0.2) is 9.78 Å². The number of benzene rings is 1. The lowest BCUT2D eigenvalue weighted by molar-refractivity contribution is 0.578. The molecule has 0 unspecified atom stereocenters. The molecule has 0 saturated carbocycles. The fraction of sp³-hybridized carbons (Fsp3) is 0.308. The molecule has 1 aromatic carbocycles. The van der Waals surface area contributed by atoms with Crippen molar-refractivity contribution in [3.63, 3.8) is 0 Å². The van der Waals surface area contributed by atoms with Gasteiger partial charge in [-0.2, -0.15) is 5.10 Å². The summed E-state index contributed by atoms with van der Waals surface area (Å²) in [5, 5.41) is 8.35. The van der Waals surface area contributed by atoms with Crippen LogP contribution in [0, 0.1) is 0 Å². The molecule has 0 atom stereocenters. The van der Waals surface area contributed by atoms with Gasteiger partial charge in [-0.05, 0) is 30.7 Å². The number of hydrogen-bond acceptors (Lipinski definition) is 2. The van der Waals surface area contributed by atoms with Gasteiger partial charge in [0, 0.05) is 17.2 Å². The summed E-state index contributed by atoms with van der Waals surface area (Å²) in [5.41, 5.74) is 2.09. The molecule has 0 aliphatic carbocycles. The topological polar surface area (TPSA) is 29.9 Å². The first-order chi connectivity index (χ1) is 8.70. The van der Waals surface area contributed by atoms with Crippen LogP contribution >= 0.6 is 27.5 Å². The highest BCUT2D eigenvalue weighted by atomic mass is 79.9. The summed E-state index contributed by atoms with van der Waals surface area (Å²) in [6, 6.07) is 7.80. The van der Waals surface area contributed by atoms with Crippen LogP contribution in [0.4, 0.5) is 5.69 Å². The Morgan fingerprint density at radius 2 is 2.22 bits per heavy atom. The summed E-state index contributed by atoms with van der Waals surface area (Å²) in [6.07, 6.45) is 2.90. The lowest BCUT2D eigenvalue weighted by Gasteiger charge is -2.10. The Hall–Kier alpha value is -1.000. The monoisotopic (exact) mass is 327 g/mol. The molecule has 0 amide bonds. The number of aromatic nitrogens is 2. The molecule has 0 fully saturated rings. The first-order valence-corrected chi connectivity index (χ1v) is 7.07. The fourth-order valence-corrected chi connectivity index (χ4v) is 2.29. The van der Waals surface area contributed by atoms with E-state index in [4.69, 9.17) is 11.6 Å². The van der Waals surface area contributed by atoms with E-state index < -0.39 is 0 Å². The van der Waals surface area contributed by atoms with Crippen LogP contribution in [0.5, 0.6) is 0 Å². The van der Waals surface area contributed by atoms with Crippen LogP contribution < -0.4 is 5.32 Å². The van der Waals surface area contributed by atoms with Gasteiger partial charge in [-0.15, -0.1) is 0 Å². The zero-order valence-corrected chi connectivity index (χ0v) is 12.5. The second-order valence-electron chi connectivity index (χ2n) is 4.02. The number of rotatable bonds is 5. The highest BCUT2D eigenvalue weighted by Crippen LogP contribution is 2.26. The fourth-order valence-electron chi connectivity index (χ4n) is 1.74. The number of nitrogens with zero attached hydrogens (tertiary/aromatic N) is 2. The van der Waals surface area contributed by atoms with Gasteiger partial charge in [0.15, 0.2) is 0 Å². The molecule has 0 spiro atoms. The molecule has 5 heteroatoms. The maximum atomic E-state index is 6.13. The predicted octanol–water partition coefficient (Wildman–Crippen LogP) is 4.32. The molecule has 3 nitrogen and oxygen atoms in total. The third-order valence-corrected chi connectivity index (χ3v) is 3.45. The van der Waals surface area contributed by atoms with Gasteiger partial charge in [0.2, 0.25) is 0 Å². The number of anilines is 1. The zero-order valence-electron chi connectivity index (χ0n) is 10.2. The minimum atomic E-state index is 0.718. The summed E-state index contributed by atoms with van der Waals surface area (Å²) in [4.78, 5) is 0. The molecule has 96 valence electrons. The molecule has 0 saturated heterocycles. The Kier molecular flexibility index (Phi) is 4.66. The summed E-state index contributed by atoms with van der Waals surface area (Å²) in [7, 11) is 0. The minimum absolute atomic E-state index is 0.718. The van der Waals surface area contributed by atoms with Crippen LogP contribution in [0.2, 0.25) is 5.02 Å². The summed E-state index contributed by atoms with van der Waals surface area (Å²) in [5.74, 6) is 0. The van der Waals surface area contributed by atoms with Crippen LogP contribution in [-0.2, 0) is 13.1 Å². The van der Waals surface area contributed by atoms with Gasteiger partial charge >= 0.3 is 0 Å². The van der Waals surface area contributed by atoms with Gasteiger partial charge < -0.3 is 5.32 Å². The molecule has 1 N–H and O–H groups in total. The molecule has 0 radical (unpaired) electrons. The largest absolute Gasteiger partial charge is 0.378 e. The van der Waals surface area contributed by atoms with Crippen molar-refractivity contribution in [3.8, 4) is 0 Å². The summed E-state index contributed by atoms with van der Waals surface area (Å²) < 4.78 is 3.02. The van der Waals surface area contributed by atoms with E-state index in [0.29, 0.717) is 0 Å². The van der Waals surface area contributed by atoms with Crippen molar-refractivity contribution in [1.29, 1.82) is 0 Å². The lowest BCUT2D eigenvalue weighted by Crippen LogP contribution is -2.09. The molecule has 2 rings (SSSR count). The highest BCUT2D eigenvalue weighted by Gasteiger charge is 2.04. The minimum Gasteiger partial charge on any atom is -0.378 e. The maximum Gasteiger partial charge on any atom is 0.0638 e. The molecule has 2 aromatic rings. The predicted molar refractivity (Wildman–Crippen MR) is 79.0 cm³/mol. The van der Waals surface area contributed by atoms with Crippen LogP contribution in [0.15, 0.2) is 34.9 Å². The molecule has 1 aromatic heterocycles. The van der Waals surface area contributed by atoms with Crippen molar-refractivity contribution in [2.75, 3.05) is 5.32 Å². The third-order valence-electron chi connectivity index (χ3n) is 2.63. The molecule has 0 bridgehead atoms. The normalized spacial score (nSPS) is 10.6. The average Bonchev–Trinajstić information content (AvgIpc) is 2.78. The summed E-state index contributed by atoms with van der Waals surface area (Å²) in [6.45, 7) is 3.80. The zero-order chi connectivity index (χ0) is 13.0. The van der Waals surface area contributed by atoms with Gasteiger partial charge in [0.25, 0.3) is 0 Å². The molecule has 0 aliphatic heterocycles. The number of halogens is 2. The number of nitrogens with one attached hydrogen (secondary N) is 1. The van der Waals surface area contributed by atoms with Gasteiger partial charge in [0.1, 0.15) is 0 Å². The standard InChI is InChI=1S/C13H15BrClN3/c1-2-7-18-11(5-6-17-18)9-16-13-8-10(14)3-4-12(13)15/h3-6,8,16H,2,7,9H2,1H3. The maximum absolute atomic E-state index is 6.13. The van der Waals surface area contributed by atoms with Crippen LogP contribution in [0.25, 0.3) is 0 Å². The van der Waals surface area contributed by atoms with E-state index in [9.17, 15) is 0 Å². The molecular weight excluding hydrogens is 314 g/mol. The summed E-state index contributed by atoms with van der Waals surface area (Å²) >= 11 is 9.57. The average molecular weight is 329 g/mol. The van der Waals surface area contributed by atoms with E-state index in [1.54, 1.807) is 0 Å². The first-order valence-electron chi connectivity index (χ1n) is 5.90. The van der Waals surface area contributed by atoms with E-state index in [1.807, 2.05) is 35.1 Å². The smallest absolute Gasteiger partial charge is 0.0638 e. The van der Waals surface area contributed by atoms with Crippen molar-refractivity contribution in [2.45, 2.75) is 26.4 Å². The number of hydrogen-bond donors (Lipinski definition) is 1. The first kappa shape index (κ1) is 13.4. The Labute approximate surface area is 120 Å².